The summed E-state index contributed by atoms with van der Waals surface area (Å²) in [5.74, 6) is -2.30. The van der Waals surface area contributed by atoms with Gasteiger partial charge in [0.2, 0.25) is 21.8 Å². The van der Waals surface area contributed by atoms with Crippen molar-refractivity contribution in [3.05, 3.63) is 46.4 Å². The number of fused-ring (bicyclic) bond motifs is 3. The van der Waals surface area contributed by atoms with Crippen LogP contribution in [0.25, 0.3) is 21.6 Å². The average molecular weight is 910 g/mol. The minimum Gasteiger partial charge on any atom is -0.495 e. The van der Waals surface area contributed by atoms with Crippen LogP contribution in [0.1, 0.15) is 77.3 Å². The number of ether oxygens (including phenoxy) is 2. The van der Waals surface area contributed by atoms with Crippen molar-refractivity contribution in [3.63, 3.8) is 0 Å². The van der Waals surface area contributed by atoms with Crippen LogP contribution in [0.3, 0.4) is 0 Å². The Balaban J connectivity index is 1.25. The summed E-state index contributed by atoms with van der Waals surface area (Å²) in [4.78, 5) is 67.6. The summed E-state index contributed by atoms with van der Waals surface area (Å²) in [6, 6.07) is 1.84. The first kappa shape index (κ1) is 44.4. The molecule has 5 amide bonds. The first-order chi connectivity index (χ1) is 29.0. The molecule has 330 valence electrons. The number of thiazole rings is 1. The van der Waals surface area contributed by atoms with E-state index in [1.807, 2.05) is 26.0 Å². The molecule has 0 bridgehead atoms. The summed E-state index contributed by atoms with van der Waals surface area (Å²) < 4.78 is 80.7. The van der Waals surface area contributed by atoms with Gasteiger partial charge in [0.1, 0.15) is 50.9 Å². The van der Waals surface area contributed by atoms with Gasteiger partial charge in [-0.15, -0.1) is 11.3 Å². The minimum absolute atomic E-state index is 0.0147. The summed E-state index contributed by atoms with van der Waals surface area (Å²) in [5.41, 5.74) is -2.55. The highest BCUT2D eigenvalue weighted by Gasteiger charge is 2.62. The molecule has 3 fully saturated rings. The van der Waals surface area contributed by atoms with E-state index in [9.17, 15) is 40.8 Å². The number of alkyl halides is 3. The lowest BCUT2D eigenvalue weighted by Gasteiger charge is -2.31. The molecule has 0 unspecified atom stereocenters. The number of benzene rings is 1. The summed E-state index contributed by atoms with van der Waals surface area (Å²) >= 11 is 7.41. The third kappa shape index (κ3) is 9.40. The zero-order valence-corrected chi connectivity index (χ0v) is 36.1. The number of amides is 5. The van der Waals surface area contributed by atoms with Gasteiger partial charge in [-0.25, -0.2) is 23.2 Å². The summed E-state index contributed by atoms with van der Waals surface area (Å²) in [5, 5.41) is 6.22. The molecule has 61 heavy (non-hydrogen) atoms. The van der Waals surface area contributed by atoms with Crippen LogP contribution in [0.4, 0.5) is 18.0 Å². The number of hydrogen-bond acceptors (Lipinski definition) is 11. The van der Waals surface area contributed by atoms with Crippen LogP contribution in [0, 0.1) is 5.92 Å². The fraction of sp³-hybridized carbons (Fsp3) is 0.550. The number of sulfonamides is 1. The van der Waals surface area contributed by atoms with E-state index in [0.29, 0.717) is 50.6 Å². The Bertz CT molecular complexity index is 2340. The second kappa shape index (κ2) is 17.6. The van der Waals surface area contributed by atoms with Gasteiger partial charge < -0.3 is 29.9 Å². The number of carbonyl (C=O) groups excluding carboxylic acids is 4. The molecule has 2 aromatic heterocycles. The van der Waals surface area contributed by atoms with E-state index in [2.05, 4.69) is 25.3 Å². The molecule has 0 spiro atoms. The molecule has 4 heterocycles. The van der Waals surface area contributed by atoms with E-state index in [0.717, 1.165) is 23.1 Å². The number of nitrogens with one attached hydrogen (secondary N) is 3. The molecule has 2 saturated carbocycles. The fourth-order valence-electron chi connectivity index (χ4n) is 7.87. The van der Waals surface area contributed by atoms with Crippen molar-refractivity contribution >= 4 is 67.6 Å². The Morgan fingerprint density at radius 1 is 1.10 bits per heavy atom. The van der Waals surface area contributed by atoms with Crippen molar-refractivity contribution < 1.29 is 50.2 Å². The molecule has 7 rings (SSSR count). The Labute approximate surface area is 359 Å². The maximum Gasteiger partial charge on any atom is 0.434 e. The van der Waals surface area contributed by atoms with Crippen LogP contribution < -0.4 is 24.8 Å². The van der Waals surface area contributed by atoms with E-state index in [4.69, 9.17) is 21.1 Å². The van der Waals surface area contributed by atoms with E-state index < -0.39 is 80.5 Å². The van der Waals surface area contributed by atoms with Crippen molar-refractivity contribution in [2.45, 2.75) is 107 Å². The Hall–Kier alpha value is -4.69. The lowest BCUT2D eigenvalue weighted by atomic mass is 10.0. The molecule has 21 heteroatoms. The summed E-state index contributed by atoms with van der Waals surface area (Å²) in [7, 11) is -2.58. The predicted octanol–water partition coefficient (Wildman–Crippen LogP) is 5.81. The van der Waals surface area contributed by atoms with Crippen LogP contribution in [0.2, 0.25) is 5.02 Å². The van der Waals surface area contributed by atoms with Gasteiger partial charge in [-0.3, -0.25) is 19.1 Å². The highest BCUT2D eigenvalue weighted by Crippen LogP contribution is 2.46. The number of urea groups is 1. The van der Waals surface area contributed by atoms with Crippen molar-refractivity contribution in [2.24, 2.45) is 5.92 Å². The van der Waals surface area contributed by atoms with Crippen LogP contribution >= 0.6 is 22.9 Å². The van der Waals surface area contributed by atoms with Gasteiger partial charge in [-0.1, -0.05) is 36.6 Å². The average Bonchev–Trinajstić information content (AvgIpc) is 4.09. The molecule has 3 N–H and O–H groups in total. The zero-order valence-electron chi connectivity index (χ0n) is 33.7. The summed E-state index contributed by atoms with van der Waals surface area (Å²) in [6.07, 6.45) is 1.89. The number of methoxy groups -OCH3 is 1. The van der Waals surface area contributed by atoms with Crippen LogP contribution in [0.5, 0.6) is 11.5 Å². The second-order valence-electron chi connectivity index (χ2n) is 15.7. The molecule has 1 saturated heterocycles. The minimum atomic E-state index is -4.71. The van der Waals surface area contributed by atoms with Gasteiger partial charge in [0.25, 0.3) is 5.91 Å². The second-order valence-corrected chi connectivity index (χ2v) is 18.9. The standard InChI is InChI=1S/C40H47ClF3N7O8S2/c1-4-50(5-2)38(55)46-26-12-10-8-6-7-9-11-22-19-39(22,37(54)49-61(56,57)24-13-14-24)48-34(52)28-17-23(20-51(28)36(26)53)59-30-18-27(35-47-31(21-60-35)40(42,43)44)45-33-25(30)15-16-29(58-3)32(33)41/h9,11,15-16,18,21-24,26,28H,4-8,10,12-14,17,19-20H2,1-3H3,(H,46,55)(H,48,52)(H,49,54)/b11-9-/t22-,23-,26+,28+,39-/m1/s1. The van der Waals surface area contributed by atoms with Gasteiger partial charge in [-0.05, 0) is 64.5 Å². The maximum atomic E-state index is 14.7. The topological polar surface area (TPSA) is 189 Å². The van der Waals surface area contributed by atoms with Crippen molar-refractivity contribution in [1.82, 2.24) is 35.1 Å². The van der Waals surface area contributed by atoms with Crippen molar-refractivity contribution in [1.29, 1.82) is 0 Å². The molecule has 0 radical (unpaired) electrons. The number of carbonyl (C=O) groups is 4. The zero-order chi connectivity index (χ0) is 43.9. The van der Waals surface area contributed by atoms with Gasteiger partial charge in [0.05, 0.1) is 24.4 Å². The molecule has 1 aromatic carbocycles. The van der Waals surface area contributed by atoms with Gasteiger partial charge >= 0.3 is 12.2 Å². The number of nitrogens with zero attached hydrogens (tertiary/aromatic N) is 4. The monoisotopic (exact) mass is 909 g/mol. The third-order valence-corrected chi connectivity index (χ3v) is 14.6. The Morgan fingerprint density at radius 2 is 1.85 bits per heavy atom. The van der Waals surface area contributed by atoms with Gasteiger partial charge in [0.15, 0.2) is 5.69 Å². The number of hydrogen-bond donors (Lipinski definition) is 3. The Morgan fingerprint density at radius 3 is 2.52 bits per heavy atom. The number of pyridine rings is 1. The number of allylic oxidation sites excluding steroid dienone is 1. The number of rotatable bonds is 10. The molecular weight excluding hydrogens is 863 g/mol. The first-order valence-corrected chi connectivity index (χ1v) is 23.1. The highest BCUT2D eigenvalue weighted by atomic mass is 35.5. The fourth-order valence-corrected chi connectivity index (χ4v) is 10.3. The SMILES string of the molecule is CCN(CC)C(=O)N[C@H]1CCCCC/C=C\[C@@H]2C[C@@]2(C(=O)NS(=O)(=O)C2CC2)NC(=O)[C@@H]2C[C@@H](Oc3cc(-c4nc(C(F)(F)F)cs4)nc4c(Cl)c(OC)ccc34)CN2C1=O. The summed E-state index contributed by atoms with van der Waals surface area (Å²) in [6.45, 7) is 4.22. The van der Waals surface area contributed by atoms with Gasteiger partial charge in [-0.2, -0.15) is 13.2 Å². The lowest BCUT2D eigenvalue weighted by molar-refractivity contribution is -0.141. The van der Waals surface area contributed by atoms with Crippen molar-refractivity contribution in [2.75, 3.05) is 26.7 Å². The predicted molar refractivity (Wildman–Crippen MR) is 220 cm³/mol. The van der Waals surface area contributed by atoms with Gasteiger partial charge in [0, 0.05) is 42.3 Å². The van der Waals surface area contributed by atoms with Crippen LogP contribution in [-0.4, -0.2) is 108 Å². The molecule has 4 aliphatic rings. The van der Waals surface area contributed by atoms with E-state index in [-0.39, 0.29) is 58.5 Å². The molecule has 2 aliphatic heterocycles. The largest absolute Gasteiger partial charge is 0.495 e. The van der Waals surface area contributed by atoms with Crippen LogP contribution in [-0.2, 0) is 30.6 Å². The number of halogens is 4. The lowest BCUT2D eigenvalue weighted by Crippen LogP contribution is -2.59. The third-order valence-electron chi connectivity index (χ3n) is 11.6. The molecule has 3 aromatic rings. The molecule has 15 nitrogen and oxygen atoms in total. The maximum absolute atomic E-state index is 14.7. The van der Waals surface area contributed by atoms with Crippen LogP contribution in [0.15, 0.2) is 35.7 Å². The molecule has 5 atom stereocenters. The normalized spacial score (nSPS) is 25.3. The molecular formula is C40H47ClF3N7O8S2. The van der Waals surface area contributed by atoms with Crippen molar-refractivity contribution in [3.8, 4) is 22.2 Å². The Kier molecular flexibility index (Phi) is 12.8. The van der Waals surface area contributed by atoms with E-state index in [1.165, 1.54) is 23.0 Å². The number of aromatic nitrogens is 2. The first-order valence-electron chi connectivity index (χ1n) is 20.3. The quantitative estimate of drug-likeness (QED) is 0.210. The molecule has 2 aliphatic carbocycles. The smallest absolute Gasteiger partial charge is 0.434 e. The van der Waals surface area contributed by atoms with E-state index >= 15 is 0 Å². The van der Waals surface area contributed by atoms with E-state index in [1.54, 1.807) is 12.1 Å². The highest BCUT2D eigenvalue weighted by molar-refractivity contribution is 7.91.